The second-order valence-corrected chi connectivity index (χ2v) is 4.54. The molecular weight excluding hydrogens is 238 g/mol. The smallest absolute Gasteiger partial charge is 0.149 e. The molecule has 0 heterocycles. The van der Waals surface area contributed by atoms with Crippen LogP contribution in [0.5, 0.6) is 0 Å². The van der Waals surface area contributed by atoms with Crippen molar-refractivity contribution in [1.29, 1.82) is 0 Å². The first kappa shape index (κ1) is 15.6. The fourth-order valence-electron chi connectivity index (χ4n) is 1.65. The van der Waals surface area contributed by atoms with Crippen LogP contribution in [0, 0.1) is 0 Å². The maximum Gasteiger partial charge on any atom is 0.149 e. The van der Waals surface area contributed by atoms with Crippen LogP contribution in [0.25, 0.3) is 0 Å². The molecule has 0 fully saturated rings. The summed E-state index contributed by atoms with van der Waals surface area (Å²) in [7, 11) is 0. The zero-order chi connectivity index (χ0) is 14.1. The van der Waals surface area contributed by atoms with E-state index in [1.165, 1.54) is 6.21 Å². The molecule has 0 aromatic carbocycles. The molecule has 0 aromatic heterocycles. The number of aliphatic imine (C=N–C) groups is 1. The second kappa shape index (κ2) is 7.84. The molecule has 2 atom stereocenters. The van der Waals surface area contributed by atoms with Crippen LogP contribution < -0.4 is 11.1 Å². The molecule has 4 nitrogen and oxygen atoms in total. The van der Waals surface area contributed by atoms with Gasteiger partial charge in [0.2, 0.25) is 0 Å². The van der Waals surface area contributed by atoms with Crippen LogP contribution >= 0.6 is 0 Å². The molecule has 2 unspecified atom stereocenters. The number of nitrogens with two attached hydrogens (primary N) is 1. The van der Waals surface area contributed by atoms with Gasteiger partial charge in [-0.15, -0.1) is 0 Å². The monoisotopic (exact) mass is 261 g/mol. The molecule has 0 aromatic rings. The lowest BCUT2D eigenvalue weighted by Crippen LogP contribution is -2.46. The van der Waals surface area contributed by atoms with Crippen molar-refractivity contribution in [2.24, 2.45) is 10.7 Å². The standard InChI is InChI=1S/C15H23N3O/c1-3-6-13-7-4-5-8-14(11-13)17-12-15(2,19)18-10-9-16/h3-8,11-12,14,18-19H,9-10,16H2,1-2H3/b6-3-,17-12?. The Hall–Kier alpha value is -1.49. The second-order valence-electron chi connectivity index (χ2n) is 4.54. The van der Waals surface area contributed by atoms with Crippen molar-refractivity contribution < 1.29 is 5.11 Å². The van der Waals surface area contributed by atoms with Crippen LogP contribution in [0.15, 0.2) is 53.1 Å². The first-order valence-electron chi connectivity index (χ1n) is 6.48. The van der Waals surface area contributed by atoms with Crippen LogP contribution in [0.1, 0.15) is 13.8 Å². The van der Waals surface area contributed by atoms with Crippen molar-refractivity contribution >= 4 is 6.21 Å². The van der Waals surface area contributed by atoms with E-state index in [9.17, 15) is 5.11 Å². The molecule has 4 N–H and O–H groups in total. The molecule has 19 heavy (non-hydrogen) atoms. The molecule has 0 amide bonds. The van der Waals surface area contributed by atoms with Crippen molar-refractivity contribution in [3.8, 4) is 0 Å². The van der Waals surface area contributed by atoms with E-state index in [2.05, 4.69) is 10.3 Å². The van der Waals surface area contributed by atoms with Crippen LogP contribution in [0.2, 0.25) is 0 Å². The van der Waals surface area contributed by atoms with Gasteiger partial charge in [-0.1, -0.05) is 36.5 Å². The van der Waals surface area contributed by atoms with Crippen molar-refractivity contribution in [1.82, 2.24) is 5.32 Å². The molecule has 0 saturated carbocycles. The zero-order valence-electron chi connectivity index (χ0n) is 11.6. The van der Waals surface area contributed by atoms with Crippen molar-refractivity contribution in [2.45, 2.75) is 25.6 Å². The Bertz CT molecular complexity index is 417. The van der Waals surface area contributed by atoms with Crippen LogP contribution in [0.3, 0.4) is 0 Å². The predicted molar refractivity (Wildman–Crippen MR) is 81.1 cm³/mol. The van der Waals surface area contributed by atoms with E-state index in [1.54, 1.807) is 6.92 Å². The summed E-state index contributed by atoms with van der Waals surface area (Å²) in [5, 5.41) is 12.9. The van der Waals surface area contributed by atoms with Crippen molar-refractivity contribution in [2.75, 3.05) is 13.1 Å². The molecule has 1 rings (SSSR count). The fourth-order valence-corrected chi connectivity index (χ4v) is 1.65. The first-order chi connectivity index (χ1) is 9.07. The number of hydrogen-bond donors (Lipinski definition) is 3. The molecule has 104 valence electrons. The van der Waals surface area contributed by atoms with E-state index in [1.807, 2.05) is 49.5 Å². The largest absolute Gasteiger partial charge is 0.371 e. The molecule has 1 aliphatic carbocycles. The maximum atomic E-state index is 10.0. The Labute approximate surface area is 115 Å². The van der Waals surface area contributed by atoms with E-state index in [0.29, 0.717) is 13.1 Å². The van der Waals surface area contributed by atoms with Gasteiger partial charge in [-0.05, 0) is 25.5 Å². The number of nitrogens with one attached hydrogen (secondary N) is 1. The Kier molecular flexibility index (Phi) is 6.42. The van der Waals surface area contributed by atoms with E-state index in [4.69, 9.17) is 5.73 Å². The van der Waals surface area contributed by atoms with Crippen LogP contribution in [-0.4, -0.2) is 36.2 Å². The Morgan fingerprint density at radius 2 is 2.32 bits per heavy atom. The van der Waals surface area contributed by atoms with Crippen LogP contribution in [0.4, 0.5) is 0 Å². The third-order valence-electron chi connectivity index (χ3n) is 2.56. The lowest BCUT2D eigenvalue weighted by molar-refractivity contribution is 0.101. The number of aliphatic hydroxyl groups is 1. The van der Waals surface area contributed by atoms with Gasteiger partial charge in [-0.3, -0.25) is 10.3 Å². The minimum atomic E-state index is -1.14. The average Bonchev–Trinajstić information content (AvgIpc) is 2.60. The first-order valence-corrected chi connectivity index (χ1v) is 6.48. The molecule has 0 spiro atoms. The highest BCUT2D eigenvalue weighted by Crippen LogP contribution is 2.10. The fraction of sp³-hybridized carbons (Fsp3) is 0.400. The van der Waals surface area contributed by atoms with Gasteiger partial charge in [0.05, 0.1) is 6.04 Å². The number of allylic oxidation sites excluding steroid dienone is 6. The average molecular weight is 261 g/mol. The minimum Gasteiger partial charge on any atom is -0.371 e. The van der Waals surface area contributed by atoms with Gasteiger partial charge in [0.25, 0.3) is 0 Å². The van der Waals surface area contributed by atoms with Gasteiger partial charge < -0.3 is 10.8 Å². The zero-order valence-corrected chi connectivity index (χ0v) is 11.6. The van der Waals surface area contributed by atoms with Gasteiger partial charge in [0.1, 0.15) is 5.72 Å². The molecular formula is C15H23N3O. The van der Waals surface area contributed by atoms with E-state index < -0.39 is 5.72 Å². The highest BCUT2D eigenvalue weighted by Gasteiger charge is 2.15. The van der Waals surface area contributed by atoms with Crippen molar-refractivity contribution in [3.05, 3.63) is 48.1 Å². The van der Waals surface area contributed by atoms with Gasteiger partial charge in [-0.2, -0.15) is 0 Å². The molecule has 1 aliphatic rings. The summed E-state index contributed by atoms with van der Waals surface area (Å²) in [6, 6.07) is -0.0765. The highest BCUT2D eigenvalue weighted by molar-refractivity contribution is 5.67. The predicted octanol–water partition coefficient (Wildman–Crippen LogP) is 1.31. The Balaban J connectivity index is 2.72. The molecule has 0 aliphatic heterocycles. The van der Waals surface area contributed by atoms with Crippen molar-refractivity contribution in [3.63, 3.8) is 0 Å². The summed E-state index contributed by atoms with van der Waals surface area (Å²) >= 11 is 0. The quantitative estimate of drug-likeness (QED) is 0.499. The third kappa shape index (κ3) is 6.29. The number of nitrogens with zero attached hydrogens (tertiary/aromatic N) is 1. The van der Waals surface area contributed by atoms with E-state index >= 15 is 0 Å². The summed E-state index contributed by atoms with van der Waals surface area (Å²) in [4.78, 5) is 4.38. The lowest BCUT2D eigenvalue weighted by Gasteiger charge is -2.20. The molecule has 0 saturated heterocycles. The summed E-state index contributed by atoms with van der Waals surface area (Å²) in [5.41, 5.74) is 5.36. The highest BCUT2D eigenvalue weighted by atomic mass is 16.3. The number of hydrogen-bond acceptors (Lipinski definition) is 4. The van der Waals surface area contributed by atoms with Gasteiger partial charge in [0, 0.05) is 19.3 Å². The SMILES string of the molecule is C/C=C\C1=CC(N=CC(C)(O)NCCN)C=CC=C1. The van der Waals surface area contributed by atoms with E-state index in [-0.39, 0.29) is 6.04 Å². The van der Waals surface area contributed by atoms with Crippen LogP contribution in [-0.2, 0) is 0 Å². The molecule has 0 bridgehead atoms. The van der Waals surface area contributed by atoms with Gasteiger partial charge in [-0.25, -0.2) is 0 Å². The normalized spacial score (nSPS) is 22.7. The van der Waals surface area contributed by atoms with Gasteiger partial charge in [0.15, 0.2) is 0 Å². The summed E-state index contributed by atoms with van der Waals surface area (Å²) in [6.45, 7) is 4.65. The summed E-state index contributed by atoms with van der Waals surface area (Å²) < 4.78 is 0. The maximum absolute atomic E-state index is 10.0. The Morgan fingerprint density at radius 1 is 1.53 bits per heavy atom. The lowest BCUT2D eigenvalue weighted by atomic mass is 10.1. The summed E-state index contributed by atoms with van der Waals surface area (Å²) in [5.74, 6) is 0. The van der Waals surface area contributed by atoms with E-state index in [0.717, 1.165) is 5.57 Å². The molecule has 4 heteroatoms. The summed E-state index contributed by atoms with van der Waals surface area (Å²) in [6.07, 6.45) is 15.5. The topological polar surface area (TPSA) is 70.6 Å². The minimum absolute atomic E-state index is 0.0765. The Morgan fingerprint density at radius 3 is 3.00 bits per heavy atom. The number of rotatable bonds is 6. The molecule has 0 radical (unpaired) electrons. The third-order valence-corrected chi connectivity index (χ3v) is 2.56. The van der Waals surface area contributed by atoms with Gasteiger partial charge >= 0.3 is 0 Å².